The van der Waals surface area contributed by atoms with E-state index in [0.717, 1.165) is 18.7 Å². The van der Waals surface area contributed by atoms with Crippen LogP contribution in [0.5, 0.6) is 11.6 Å². The van der Waals surface area contributed by atoms with Crippen molar-refractivity contribution in [1.82, 2.24) is 24.8 Å². The van der Waals surface area contributed by atoms with Crippen molar-refractivity contribution in [3.8, 4) is 11.6 Å². The lowest BCUT2D eigenvalue weighted by atomic mass is 9.84. The lowest BCUT2D eigenvalue weighted by molar-refractivity contribution is -0.156. The van der Waals surface area contributed by atoms with Gasteiger partial charge in [-0.25, -0.2) is 31.4 Å². The number of carbonyl (C=O) groups is 4. The summed E-state index contributed by atoms with van der Waals surface area (Å²) >= 11 is 0. The van der Waals surface area contributed by atoms with Crippen molar-refractivity contribution in [3.05, 3.63) is 42.4 Å². The van der Waals surface area contributed by atoms with E-state index in [-0.39, 0.29) is 55.3 Å². The summed E-state index contributed by atoms with van der Waals surface area (Å²) in [6.07, 6.45) is 4.08. The van der Waals surface area contributed by atoms with E-state index in [4.69, 9.17) is 9.47 Å². The number of allylic oxidation sites excluding steroid dienone is 1. The third-order valence-corrected chi connectivity index (χ3v) is 14.9. The minimum absolute atomic E-state index is 0.00876. The van der Waals surface area contributed by atoms with Gasteiger partial charge in [-0.15, -0.1) is 0 Å². The van der Waals surface area contributed by atoms with Crippen LogP contribution in [0.25, 0.3) is 10.8 Å². The summed E-state index contributed by atoms with van der Waals surface area (Å²) in [5.41, 5.74) is -4.11. The highest BCUT2D eigenvalue weighted by atomic mass is 32.2. The van der Waals surface area contributed by atoms with Crippen molar-refractivity contribution in [2.75, 3.05) is 13.2 Å². The van der Waals surface area contributed by atoms with Crippen molar-refractivity contribution in [2.45, 2.75) is 133 Å². The number of nitrogens with zero attached hydrogens (tertiary/aromatic N) is 3. The average molecular weight is 850 g/mol. The largest absolute Gasteiger partial charge is 0.491 e. The van der Waals surface area contributed by atoms with Crippen LogP contribution in [-0.4, -0.2) is 105 Å². The number of hydrogen-bond acceptors (Lipinski definition) is 9. The van der Waals surface area contributed by atoms with Crippen LogP contribution in [0.3, 0.4) is 0 Å². The molecule has 4 amide bonds. The average Bonchev–Trinajstić information content (AvgIpc) is 4.02. The van der Waals surface area contributed by atoms with Gasteiger partial charge in [-0.1, -0.05) is 26.0 Å². The second-order valence-electron chi connectivity index (χ2n) is 17.6. The SMILES string of the molecule is CCOc1cc2ccnc(O[C@@H]3C[C@H]4C(=O)N[C@]5(C(=O)NS(=O)(=O)C6(C)CC6)C[C@H]5C=CCC[C@H](C)C[C@@H](C)[C@H](N(C(=O)O)C(C)(C)C(C)(F)F)C(=O)N4C3)c2cc1F. The summed E-state index contributed by atoms with van der Waals surface area (Å²) in [7, 11) is -4.11. The number of amides is 4. The van der Waals surface area contributed by atoms with Crippen molar-refractivity contribution >= 4 is 44.6 Å². The maximum absolute atomic E-state index is 15.4. The van der Waals surface area contributed by atoms with E-state index >= 15 is 18.0 Å². The summed E-state index contributed by atoms with van der Waals surface area (Å²) in [6, 6.07) is 1.13. The van der Waals surface area contributed by atoms with Gasteiger partial charge in [0, 0.05) is 30.8 Å². The number of carbonyl (C=O) groups excluding carboxylic acids is 3. The minimum atomic E-state index is -4.11. The molecular formula is C41H54F3N5O9S. The zero-order valence-electron chi connectivity index (χ0n) is 34.4. The Labute approximate surface area is 342 Å². The summed E-state index contributed by atoms with van der Waals surface area (Å²) in [5.74, 6) is -8.60. The van der Waals surface area contributed by atoms with Crippen molar-refractivity contribution < 1.29 is 55.3 Å². The van der Waals surface area contributed by atoms with Crippen LogP contribution in [-0.2, 0) is 24.4 Å². The number of ether oxygens (including phenoxy) is 2. The van der Waals surface area contributed by atoms with Gasteiger partial charge in [-0.3, -0.25) is 24.0 Å². The molecule has 1 saturated heterocycles. The maximum atomic E-state index is 15.4. The smallest absolute Gasteiger partial charge is 0.408 e. The van der Waals surface area contributed by atoms with Crippen LogP contribution in [0.15, 0.2) is 36.5 Å². The second kappa shape index (κ2) is 15.8. The third-order valence-electron chi connectivity index (χ3n) is 12.7. The van der Waals surface area contributed by atoms with Gasteiger partial charge in [0.25, 0.3) is 11.8 Å². The van der Waals surface area contributed by atoms with Crippen LogP contribution in [0.2, 0.25) is 0 Å². The molecule has 18 heteroatoms. The zero-order chi connectivity index (χ0) is 43.5. The molecule has 0 spiro atoms. The molecular weight excluding hydrogens is 796 g/mol. The van der Waals surface area contributed by atoms with Crippen molar-refractivity contribution in [1.29, 1.82) is 0 Å². The molecule has 3 N–H and O–H groups in total. The molecule has 0 bridgehead atoms. The molecule has 14 nitrogen and oxygen atoms in total. The Bertz CT molecular complexity index is 2140. The molecule has 1 aromatic carbocycles. The number of sulfonamides is 1. The third kappa shape index (κ3) is 8.42. The predicted molar refractivity (Wildman–Crippen MR) is 211 cm³/mol. The molecule has 4 aliphatic rings. The summed E-state index contributed by atoms with van der Waals surface area (Å²) in [6.45, 7) is 9.27. The Hall–Kier alpha value is -4.61. The highest BCUT2D eigenvalue weighted by Gasteiger charge is 2.63. The Morgan fingerprint density at radius 2 is 1.85 bits per heavy atom. The van der Waals surface area contributed by atoms with Crippen LogP contribution >= 0.6 is 0 Å². The van der Waals surface area contributed by atoms with E-state index in [1.54, 1.807) is 26.0 Å². The van der Waals surface area contributed by atoms with E-state index in [0.29, 0.717) is 42.9 Å². The number of alkyl halides is 2. The Morgan fingerprint density at radius 1 is 1.15 bits per heavy atom. The van der Waals surface area contributed by atoms with E-state index in [9.17, 15) is 27.9 Å². The number of fused-ring (bicyclic) bond motifs is 3. The minimum Gasteiger partial charge on any atom is -0.491 e. The van der Waals surface area contributed by atoms with Crippen LogP contribution < -0.4 is 19.5 Å². The number of rotatable bonds is 10. The maximum Gasteiger partial charge on any atom is 0.408 e. The fraction of sp³-hybridized carbons (Fsp3) is 0.634. The molecule has 2 aromatic rings. The first-order chi connectivity index (χ1) is 27.5. The summed E-state index contributed by atoms with van der Waals surface area (Å²) < 4.78 is 85.0. The van der Waals surface area contributed by atoms with Crippen LogP contribution in [0.1, 0.15) is 93.4 Å². The molecule has 2 aliphatic heterocycles. The molecule has 59 heavy (non-hydrogen) atoms. The monoisotopic (exact) mass is 849 g/mol. The first-order valence-electron chi connectivity index (χ1n) is 20.1. The van der Waals surface area contributed by atoms with Gasteiger partial charge in [-0.05, 0) is 102 Å². The molecule has 6 rings (SSSR count). The molecule has 2 saturated carbocycles. The molecule has 3 fully saturated rings. The number of halogens is 3. The number of carboxylic acid groups (broad SMARTS) is 1. The van der Waals surface area contributed by atoms with E-state index in [2.05, 4.69) is 15.0 Å². The lowest BCUT2D eigenvalue weighted by Crippen LogP contribution is -2.66. The molecule has 7 atom stereocenters. The van der Waals surface area contributed by atoms with Gasteiger partial charge in [0.05, 0.1) is 17.9 Å². The Balaban J connectivity index is 1.42. The first kappa shape index (κ1) is 44.0. The lowest BCUT2D eigenvalue weighted by Gasteiger charge is -2.47. The number of aromatic nitrogens is 1. The Kier molecular flexibility index (Phi) is 11.8. The quantitative estimate of drug-likeness (QED) is 0.248. The summed E-state index contributed by atoms with van der Waals surface area (Å²) in [5, 5.41) is 14.1. The fourth-order valence-electron chi connectivity index (χ4n) is 8.32. The van der Waals surface area contributed by atoms with E-state index < -0.39 is 91.4 Å². The van der Waals surface area contributed by atoms with Gasteiger partial charge in [0.15, 0.2) is 11.6 Å². The highest BCUT2D eigenvalue weighted by molar-refractivity contribution is 7.91. The highest BCUT2D eigenvalue weighted by Crippen LogP contribution is 2.48. The van der Waals surface area contributed by atoms with E-state index in [1.165, 1.54) is 25.3 Å². The normalized spacial score (nSPS) is 28.7. The summed E-state index contributed by atoms with van der Waals surface area (Å²) in [4.78, 5) is 62.6. The molecule has 0 radical (unpaired) electrons. The number of pyridine rings is 1. The number of hydrogen-bond donors (Lipinski definition) is 3. The number of nitrogens with one attached hydrogen (secondary N) is 2. The van der Waals surface area contributed by atoms with Crippen molar-refractivity contribution in [3.63, 3.8) is 0 Å². The molecule has 3 heterocycles. The van der Waals surface area contributed by atoms with E-state index in [1.807, 2.05) is 13.0 Å². The van der Waals surface area contributed by atoms with Gasteiger partial charge in [-0.2, -0.15) is 0 Å². The predicted octanol–water partition coefficient (Wildman–Crippen LogP) is 5.79. The van der Waals surface area contributed by atoms with Gasteiger partial charge in [0.1, 0.15) is 29.3 Å². The Morgan fingerprint density at radius 3 is 2.47 bits per heavy atom. The number of benzene rings is 1. The van der Waals surface area contributed by atoms with Gasteiger partial charge >= 0.3 is 6.09 Å². The van der Waals surface area contributed by atoms with Gasteiger partial charge in [0.2, 0.25) is 27.7 Å². The van der Waals surface area contributed by atoms with Crippen molar-refractivity contribution in [2.24, 2.45) is 17.8 Å². The van der Waals surface area contributed by atoms with Crippen LogP contribution in [0.4, 0.5) is 18.0 Å². The molecule has 0 unspecified atom stereocenters. The molecule has 324 valence electrons. The van der Waals surface area contributed by atoms with Crippen LogP contribution in [0, 0.1) is 23.6 Å². The molecule has 1 aromatic heterocycles. The molecule has 2 aliphatic carbocycles. The second-order valence-corrected chi connectivity index (χ2v) is 19.8. The standard InChI is InChI=1S/C41H54F3N5O9S/c1-8-57-31-18-25-13-16-45-34(28(25)20-29(31)42)58-27-19-30-33(50)46-41(36(52)47-59(55,56)39(6)14-15-39)21-26(41)12-10-9-11-23(2)17-24(3)32(35(51)48(30)22-27)49(37(53)54)38(4,5)40(7,43)44/h10,12-13,16,18,20,23-24,26-27,30,32H,8-9,11,14-15,17,19,21-22H2,1-7H3,(H,46,50)(H,47,52)(H,53,54)/t23-,24+,26+,27+,30-,32-,41+/m0/s1. The fourth-order valence-corrected chi connectivity index (χ4v) is 9.64. The zero-order valence-corrected chi connectivity index (χ0v) is 35.2. The topological polar surface area (TPSA) is 185 Å². The van der Waals surface area contributed by atoms with Gasteiger partial charge < -0.3 is 24.8 Å². The first-order valence-corrected chi connectivity index (χ1v) is 21.6.